The number of aromatic nitrogens is 3. The first-order valence-corrected chi connectivity index (χ1v) is 18.4. The van der Waals surface area contributed by atoms with Crippen molar-refractivity contribution in [2.45, 2.75) is 0 Å². The molecule has 0 spiro atoms. The molecule has 270 valence electrons. The molecule has 2 N–H and O–H groups in total. The summed E-state index contributed by atoms with van der Waals surface area (Å²) in [6.45, 7) is 3.61. The van der Waals surface area contributed by atoms with Gasteiger partial charge < -0.3 is 9.88 Å². The first-order valence-electron chi connectivity index (χ1n) is 18.4. The lowest BCUT2D eigenvalue weighted by Gasteiger charge is -2.19. The van der Waals surface area contributed by atoms with Gasteiger partial charge in [0, 0.05) is 73.1 Å². The molecule has 1 amide bonds. The molecule has 0 unspecified atom stereocenters. The molecule has 5 aliphatic rings. The van der Waals surface area contributed by atoms with E-state index in [1.54, 1.807) is 5.32 Å². The van der Waals surface area contributed by atoms with Crippen molar-refractivity contribution in [1.82, 2.24) is 9.88 Å². The minimum absolute atomic E-state index is 0.147. The molecule has 56 heavy (non-hydrogen) atoms. The van der Waals surface area contributed by atoms with E-state index in [0.717, 1.165) is 95.9 Å². The summed E-state index contributed by atoms with van der Waals surface area (Å²) in [5.41, 5.74) is 14.7. The molecular weight excluding hydrogens is 693 g/mol. The van der Waals surface area contributed by atoms with Crippen LogP contribution in [0.2, 0.25) is 0 Å². The largest absolute Gasteiger partial charge is 0.657 e. The topological polar surface area (TPSA) is 95.9 Å². The Morgan fingerprint density at radius 2 is 1.05 bits per heavy atom. The van der Waals surface area contributed by atoms with E-state index in [9.17, 15) is 4.79 Å². The fourth-order valence-electron chi connectivity index (χ4n) is 7.24. The molecular formula is C47H38N8O+2. The van der Waals surface area contributed by atoms with Gasteiger partial charge in [0.2, 0.25) is 0 Å². The van der Waals surface area contributed by atoms with Crippen molar-refractivity contribution in [3.63, 3.8) is 0 Å². The number of primary amides is 1. The second-order valence-corrected chi connectivity index (χ2v) is 14.0. The highest BCUT2D eigenvalue weighted by atomic mass is 16.1. The molecule has 0 atom stereocenters. The highest BCUT2D eigenvalue weighted by molar-refractivity contribution is 6.36. The Morgan fingerprint density at radius 1 is 0.607 bits per heavy atom. The van der Waals surface area contributed by atoms with Gasteiger partial charge in [-0.15, -0.1) is 11.4 Å². The summed E-state index contributed by atoms with van der Waals surface area (Å²) in [5.74, 6) is -0.147. The minimum Gasteiger partial charge on any atom is -0.657 e. The Hall–Kier alpha value is -7.36. The third-order valence-electron chi connectivity index (χ3n) is 10.1. The van der Waals surface area contributed by atoms with Crippen LogP contribution in [0.4, 0.5) is 5.69 Å². The zero-order chi connectivity index (χ0) is 38.3. The number of nitrogens with zero attached hydrogens (tertiary/aromatic N) is 7. The quantitative estimate of drug-likeness (QED) is 0.168. The first-order chi connectivity index (χ1) is 27.3. The standard InChI is InChI=1S/C47H36N8O/c1-5-43(56)48-34-8-6-30(7-9-34)44-35-10-12-37(49-35)45(31-18-24-53(2)25-19-31)39-14-16-41(51-39)47(33-22-28-55(4)29-23-33)42-17-15-40(52-42)46(38-13-11-36(44)50-38)32-20-26-54(3)27-21-32/h5-29H,1H2,2-4H3/p+2. The second kappa shape index (κ2) is 14.1. The van der Waals surface area contributed by atoms with Gasteiger partial charge in [-0.1, -0.05) is 18.7 Å². The number of hydrogen-bond donors (Lipinski definition) is 1. The van der Waals surface area contributed by atoms with Gasteiger partial charge in [-0.05, 0) is 94.2 Å². The molecule has 0 aliphatic carbocycles. The molecule has 8 bridgehead atoms. The molecule has 5 aliphatic heterocycles. The molecule has 0 radical (unpaired) electrons. The van der Waals surface area contributed by atoms with Gasteiger partial charge in [0.15, 0.2) is 24.8 Å². The van der Waals surface area contributed by atoms with Crippen molar-refractivity contribution >= 4 is 45.4 Å². The number of aryl methyl sites for hydroxylation is 2. The summed E-state index contributed by atoms with van der Waals surface area (Å²) in [7, 11) is 6.03. The van der Waals surface area contributed by atoms with Crippen LogP contribution in [0.1, 0.15) is 28.1 Å². The predicted octanol–water partition coefficient (Wildman–Crippen LogP) is 5.45. The summed E-state index contributed by atoms with van der Waals surface area (Å²) in [6.07, 6.45) is 30.2. The van der Waals surface area contributed by atoms with Crippen molar-refractivity contribution in [1.29, 1.82) is 0 Å². The normalized spacial score (nSPS) is 17.1. The van der Waals surface area contributed by atoms with E-state index in [2.05, 4.69) is 91.6 Å². The molecule has 0 saturated carbocycles. The van der Waals surface area contributed by atoms with Crippen LogP contribution in [0.25, 0.3) is 16.7 Å². The highest BCUT2D eigenvalue weighted by Crippen LogP contribution is 2.38. The third-order valence-corrected chi connectivity index (χ3v) is 10.1. The Kier molecular flexibility index (Phi) is 8.68. The number of pyridine rings is 2. The lowest BCUT2D eigenvalue weighted by molar-refractivity contribution is -0.671. The number of hydrogen-bond acceptors (Lipinski definition) is 5. The zero-order valence-electron chi connectivity index (χ0n) is 31.3. The number of carbonyl (C=O) groups is 1. The number of carbonyl (C=O) groups excluding carboxylic acids is 1. The molecule has 0 fully saturated rings. The van der Waals surface area contributed by atoms with Gasteiger partial charge in [-0.25, -0.2) is 34.2 Å². The number of nitrogens with two attached hydrogens (primary N) is 1. The van der Waals surface area contributed by atoms with Gasteiger partial charge in [0.25, 0.3) is 0 Å². The van der Waals surface area contributed by atoms with Gasteiger partial charge >= 0.3 is 5.91 Å². The fraction of sp³-hybridized carbons (Fsp3) is 0.0638. The van der Waals surface area contributed by atoms with Crippen LogP contribution in [0, 0.1) is 0 Å². The summed E-state index contributed by atoms with van der Waals surface area (Å²) in [6, 6.07) is 20.4. The SMILES string of the molecule is C=CC(=O)[NH2+]c1ccc(C2=C3C=CC(=N3)C(c3cc[n+](C)cc3)=C3C=CC(=N3)C(=C3C=CN(C)C=C3)C3=NC(=C(c4cc[n+](C)cc4)c4ccc2[n-]4)C=C3)cc1. The average Bonchev–Trinajstić information content (AvgIpc) is 4.05. The summed E-state index contributed by atoms with van der Waals surface area (Å²) in [4.78, 5) is 35.6. The smallest absolute Gasteiger partial charge is 0.339 e. The van der Waals surface area contributed by atoms with E-state index >= 15 is 0 Å². The number of rotatable bonds is 5. The van der Waals surface area contributed by atoms with Crippen LogP contribution in [-0.4, -0.2) is 35.0 Å². The molecule has 9 heteroatoms. The Morgan fingerprint density at radius 3 is 1.55 bits per heavy atom. The maximum Gasteiger partial charge on any atom is 0.339 e. The van der Waals surface area contributed by atoms with E-state index in [-0.39, 0.29) is 5.91 Å². The molecule has 9 rings (SSSR count). The van der Waals surface area contributed by atoms with Gasteiger partial charge in [-0.3, -0.25) is 0 Å². The van der Waals surface area contributed by atoms with Crippen molar-refractivity contribution in [2.24, 2.45) is 29.1 Å². The van der Waals surface area contributed by atoms with Crippen LogP contribution in [0.3, 0.4) is 0 Å². The van der Waals surface area contributed by atoms with E-state index in [4.69, 9.17) is 20.0 Å². The van der Waals surface area contributed by atoms with Crippen LogP contribution in [0.5, 0.6) is 0 Å². The maximum absolute atomic E-state index is 12.2. The maximum atomic E-state index is 12.2. The van der Waals surface area contributed by atoms with E-state index < -0.39 is 0 Å². The van der Waals surface area contributed by atoms with Crippen LogP contribution < -0.4 is 19.4 Å². The molecule has 3 aromatic heterocycles. The Bertz CT molecular complexity index is 2720. The fourth-order valence-corrected chi connectivity index (χ4v) is 7.24. The monoisotopic (exact) mass is 730 g/mol. The van der Waals surface area contributed by atoms with Crippen molar-refractivity contribution in [2.75, 3.05) is 7.05 Å². The number of fused-ring (bicyclic) bond motifs is 5. The highest BCUT2D eigenvalue weighted by Gasteiger charge is 2.26. The second-order valence-electron chi connectivity index (χ2n) is 14.0. The Labute approximate surface area is 325 Å². The lowest BCUT2D eigenvalue weighted by Crippen LogP contribution is -2.81. The van der Waals surface area contributed by atoms with E-state index in [0.29, 0.717) is 0 Å². The number of benzene rings is 1. The van der Waals surface area contributed by atoms with Gasteiger partial charge in [-0.2, -0.15) is 0 Å². The van der Waals surface area contributed by atoms with E-state index in [1.807, 2.05) is 96.6 Å². The molecule has 0 saturated heterocycles. The number of quaternary nitrogens is 1. The number of amides is 1. The molecule has 1 aromatic carbocycles. The van der Waals surface area contributed by atoms with Crippen LogP contribution in [0.15, 0.2) is 202 Å². The third kappa shape index (κ3) is 6.46. The van der Waals surface area contributed by atoms with Crippen LogP contribution in [-0.2, 0) is 18.9 Å². The number of aliphatic imine (C=N–C) groups is 3. The van der Waals surface area contributed by atoms with Crippen molar-refractivity contribution < 1.29 is 19.2 Å². The Balaban J connectivity index is 1.33. The van der Waals surface area contributed by atoms with Crippen molar-refractivity contribution in [3.8, 4) is 0 Å². The number of allylic oxidation sites excluding steroid dienone is 11. The van der Waals surface area contributed by atoms with E-state index in [1.165, 1.54) is 6.08 Å². The predicted molar refractivity (Wildman–Crippen MR) is 220 cm³/mol. The van der Waals surface area contributed by atoms with Gasteiger partial charge in [0.1, 0.15) is 19.8 Å². The molecule has 9 nitrogen and oxygen atoms in total. The lowest BCUT2D eigenvalue weighted by atomic mass is 9.97. The molecule has 8 heterocycles. The average molecular weight is 731 g/mol. The van der Waals surface area contributed by atoms with Gasteiger partial charge in [0.05, 0.1) is 34.2 Å². The van der Waals surface area contributed by atoms with Crippen LogP contribution >= 0.6 is 0 Å². The first kappa shape index (κ1) is 34.4. The summed E-state index contributed by atoms with van der Waals surface area (Å²) in [5, 5.41) is 1.57. The minimum atomic E-state index is -0.147. The van der Waals surface area contributed by atoms with Crippen molar-refractivity contribution in [3.05, 3.63) is 215 Å². The zero-order valence-corrected chi connectivity index (χ0v) is 31.3. The molecule has 4 aromatic rings. The summed E-state index contributed by atoms with van der Waals surface area (Å²) >= 11 is 0. The summed E-state index contributed by atoms with van der Waals surface area (Å²) < 4.78 is 4.03.